The van der Waals surface area contributed by atoms with E-state index in [9.17, 15) is 4.79 Å². The largest absolute Gasteiger partial charge is 0.296 e. The number of fused-ring (bicyclic) bond motifs is 5. The third-order valence-corrected chi connectivity index (χ3v) is 5.05. The maximum absolute atomic E-state index is 12.5. The SMILES string of the molecule is Cc1cccc2c1c(=O)nc1n2-c2cc(Br)ccc2C1(C)C. The Morgan fingerprint density at radius 3 is 2.73 bits per heavy atom. The Hall–Kier alpha value is -1.94. The molecule has 2 aromatic carbocycles. The standard InChI is InChI=1S/C18H15BrN2O/c1-10-5-4-6-13-15(10)16(22)20-17-18(2,3)12-8-7-11(19)9-14(12)21(13)17/h4-9H,1-3H3. The smallest absolute Gasteiger partial charge is 0.281 e. The molecule has 22 heavy (non-hydrogen) atoms. The molecule has 1 aromatic heterocycles. The third kappa shape index (κ3) is 1.61. The lowest BCUT2D eigenvalue weighted by Crippen LogP contribution is -2.24. The van der Waals surface area contributed by atoms with E-state index in [4.69, 9.17) is 0 Å². The zero-order valence-electron chi connectivity index (χ0n) is 12.6. The third-order valence-electron chi connectivity index (χ3n) is 4.56. The molecule has 0 amide bonds. The van der Waals surface area contributed by atoms with Crippen LogP contribution in [0.1, 0.15) is 30.8 Å². The first kappa shape index (κ1) is 13.7. The molecule has 1 aliphatic heterocycles. The van der Waals surface area contributed by atoms with Gasteiger partial charge in [-0.15, -0.1) is 0 Å². The summed E-state index contributed by atoms with van der Waals surface area (Å²) in [5, 5.41) is 0.704. The second-order valence-corrected chi connectivity index (χ2v) is 7.25. The Morgan fingerprint density at radius 1 is 1.18 bits per heavy atom. The Bertz CT molecular complexity index is 1000. The van der Waals surface area contributed by atoms with Crippen LogP contribution in [-0.4, -0.2) is 9.55 Å². The van der Waals surface area contributed by atoms with Crippen molar-refractivity contribution in [2.45, 2.75) is 26.2 Å². The Kier molecular flexibility index (Phi) is 2.67. The molecule has 0 unspecified atom stereocenters. The lowest BCUT2D eigenvalue weighted by Gasteiger charge is -2.18. The molecule has 2 heterocycles. The van der Waals surface area contributed by atoms with Crippen molar-refractivity contribution in [2.24, 2.45) is 0 Å². The van der Waals surface area contributed by atoms with Crippen molar-refractivity contribution in [3.63, 3.8) is 0 Å². The number of halogens is 1. The molecule has 0 bridgehead atoms. The van der Waals surface area contributed by atoms with Crippen LogP contribution in [0.3, 0.4) is 0 Å². The monoisotopic (exact) mass is 354 g/mol. The van der Waals surface area contributed by atoms with Gasteiger partial charge in [0.25, 0.3) is 5.56 Å². The van der Waals surface area contributed by atoms with Crippen LogP contribution in [0.5, 0.6) is 0 Å². The normalized spacial score (nSPS) is 14.9. The number of aromatic nitrogens is 2. The average Bonchev–Trinajstić information content (AvgIpc) is 2.67. The molecule has 4 rings (SSSR count). The highest BCUT2D eigenvalue weighted by atomic mass is 79.9. The topological polar surface area (TPSA) is 34.9 Å². The molecule has 0 N–H and O–H groups in total. The quantitative estimate of drug-likeness (QED) is 0.609. The second-order valence-electron chi connectivity index (χ2n) is 6.33. The summed E-state index contributed by atoms with van der Waals surface area (Å²) < 4.78 is 3.15. The van der Waals surface area contributed by atoms with E-state index in [1.165, 1.54) is 5.56 Å². The number of benzene rings is 2. The van der Waals surface area contributed by atoms with E-state index in [1.807, 2.05) is 31.2 Å². The van der Waals surface area contributed by atoms with Gasteiger partial charge in [0.2, 0.25) is 0 Å². The Labute approximate surface area is 136 Å². The lowest BCUT2D eigenvalue weighted by molar-refractivity contribution is 0.610. The van der Waals surface area contributed by atoms with Crippen molar-refractivity contribution >= 4 is 26.8 Å². The summed E-state index contributed by atoms with van der Waals surface area (Å²) >= 11 is 3.55. The van der Waals surface area contributed by atoms with E-state index in [1.54, 1.807) is 0 Å². The molecule has 0 saturated carbocycles. The first-order chi connectivity index (χ1) is 10.4. The van der Waals surface area contributed by atoms with Crippen LogP contribution in [-0.2, 0) is 5.41 Å². The lowest BCUT2D eigenvalue weighted by atomic mass is 9.85. The number of hydrogen-bond acceptors (Lipinski definition) is 2. The van der Waals surface area contributed by atoms with Gasteiger partial charge in [0.05, 0.1) is 22.0 Å². The minimum Gasteiger partial charge on any atom is -0.296 e. The van der Waals surface area contributed by atoms with Gasteiger partial charge in [-0.25, -0.2) is 0 Å². The fraction of sp³-hybridized carbons (Fsp3) is 0.222. The molecule has 0 spiro atoms. The molecule has 110 valence electrons. The van der Waals surface area contributed by atoms with Gasteiger partial charge in [-0.05, 0) is 50.1 Å². The van der Waals surface area contributed by atoms with E-state index < -0.39 is 0 Å². The summed E-state index contributed by atoms with van der Waals surface area (Å²) in [6, 6.07) is 12.2. The predicted molar refractivity (Wildman–Crippen MR) is 91.9 cm³/mol. The van der Waals surface area contributed by atoms with Gasteiger partial charge in [0, 0.05) is 4.47 Å². The summed E-state index contributed by atoms with van der Waals surface area (Å²) in [6.45, 7) is 6.19. The molecule has 0 radical (unpaired) electrons. The van der Waals surface area contributed by atoms with E-state index in [0.717, 1.165) is 27.1 Å². The maximum Gasteiger partial charge on any atom is 0.281 e. The summed E-state index contributed by atoms with van der Waals surface area (Å²) in [7, 11) is 0. The highest BCUT2D eigenvalue weighted by Gasteiger charge is 2.38. The molecule has 0 atom stereocenters. The van der Waals surface area contributed by atoms with E-state index in [2.05, 4.69) is 51.5 Å². The predicted octanol–water partition coefficient (Wildman–Crippen LogP) is 4.10. The van der Waals surface area contributed by atoms with Gasteiger partial charge in [-0.2, -0.15) is 4.98 Å². The van der Waals surface area contributed by atoms with Crippen LogP contribution >= 0.6 is 15.9 Å². The molecule has 0 saturated heterocycles. The highest BCUT2D eigenvalue weighted by Crippen LogP contribution is 2.43. The highest BCUT2D eigenvalue weighted by molar-refractivity contribution is 9.10. The van der Waals surface area contributed by atoms with Crippen molar-refractivity contribution in [3.05, 3.63) is 68.2 Å². The van der Waals surface area contributed by atoms with Crippen LogP contribution in [0.4, 0.5) is 0 Å². The van der Waals surface area contributed by atoms with Crippen molar-refractivity contribution in [2.75, 3.05) is 0 Å². The van der Waals surface area contributed by atoms with Crippen LogP contribution in [0.25, 0.3) is 16.6 Å². The summed E-state index contributed by atoms with van der Waals surface area (Å²) in [5.41, 5.74) is 3.76. The number of rotatable bonds is 0. The fourth-order valence-corrected chi connectivity index (χ4v) is 3.78. The van der Waals surface area contributed by atoms with Gasteiger partial charge < -0.3 is 0 Å². The van der Waals surface area contributed by atoms with Crippen LogP contribution in [0, 0.1) is 6.92 Å². The minimum atomic E-state index is -0.285. The molecule has 1 aliphatic rings. The minimum absolute atomic E-state index is 0.140. The number of aryl methyl sites for hydroxylation is 1. The van der Waals surface area contributed by atoms with Gasteiger partial charge >= 0.3 is 0 Å². The summed E-state index contributed by atoms with van der Waals surface area (Å²) in [5.74, 6) is 0.809. The molecular formula is C18H15BrN2O. The number of nitrogens with zero attached hydrogens (tertiary/aromatic N) is 2. The fourth-order valence-electron chi connectivity index (χ4n) is 3.43. The van der Waals surface area contributed by atoms with E-state index in [-0.39, 0.29) is 11.0 Å². The van der Waals surface area contributed by atoms with Crippen LogP contribution in [0.15, 0.2) is 45.7 Å². The van der Waals surface area contributed by atoms with Gasteiger partial charge in [0.1, 0.15) is 5.82 Å². The zero-order valence-corrected chi connectivity index (χ0v) is 14.2. The van der Waals surface area contributed by atoms with Gasteiger partial charge in [-0.1, -0.05) is 34.1 Å². The van der Waals surface area contributed by atoms with Crippen molar-refractivity contribution in [1.82, 2.24) is 9.55 Å². The molecule has 4 heteroatoms. The van der Waals surface area contributed by atoms with Crippen molar-refractivity contribution < 1.29 is 0 Å². The Balaban J connectivity index is 2.28. The van der Waals surface area contributed by atoms with E-state index in [0.29, 0.717) is 5.39 Å². The first-order valence-corrected chi connectivity index (χ1v) is 8.04. The second kappa shape index (κ2) is 4.29. The van der Waals surface area contributed by atoms with Gasteiger partial charge in [0.15, 0.2) is 0 Å². The Morgan fingerprint density at radius 2 is 1.95 bits per heavy atom. The molecule has 3 nitrogen and oxygen atoms in total. The molecule has 0 aliphatic carbocycles. The zero-order chi connectivity index (χ0) is 15.6. The average molecular weight is 355 g/mol. The van der Waals surface area contributed by atoms with Crippen LogP contribution < -0.4 is 5.56 Å². The molecule has 3 aromatic rings. The maximum atomic E-state index is 12.5. The summed E-state index contributed by atoms with van der Waals surface area (Å²) in [4.78, 5) is 17.0. The first-order valence-electron chi connectivity index (χ1n) is 7.24. The van der Waals surface area contributed by atoms with Crippen molar-refractivity contribution in [3.8, 4) is 5.69 Å². The summed E-state index contributed by atoms with van der Waals surface area (Å²) in [6.07, 6.45) is 0. The van der Waals surface area contributed by atoms with Crippen LogP contribution in [0.2, 0.25) is 0 Å². The van der Waals surface area contributed by atoms with E-state index >= 15 is 0 Å². The van der Waals surface area contributed by atoms with Crippen molar-refractivity contribution in [1.29, 1.82) is 0 Å². The molecular weight excluding hydrogens is 340 g/mol. The number of hydrogen-bond donors (Lipinski definition) is 0. The molecule has 0 fully saturated rings. The van der Waals surface area contributed by atoms with Gasteiger partial charge in [-0.3, -0.25) is 9.36 Å².